The molecule has 1 aromatic rings. The maximum absolute atomic E-state index is 12.7. The molecule has 1 amide bonds. The van der Waals surface area contributed by atoms with E-state index in [9.17, 15) is 9.90 Å². The van der Waals surface area contributed by atoms with Crippen LogP contribution in [0.15, 0.2) is 11.4 Å². The molecule has 0 bridgehead atoms. The van der Waals surface area contributed by atoms with Gasteiger partial charge in [0.15, 0.2) is 0 Å². The number of rotatable bonds is 2. The highest BCUT2D eigenvalue weighted by Crippen LogP contribution is 2.25. The minimum atomic E-state index is -0.491. The van der Waals surface area contributed by atoms with Crippen molar-refractivity contribution in [1.29, 1.82) is 0 Å². The Morgan fingerprint density at radius 3 is 3.00 bits per heavy atom. The van der Waals surface area contributed by atoms with E-state index < -0.39 is 5.60 Å². The summed E-state index contributed by atoms with van der Waals surface area (Å²) in [6, 6.07) is 1.77. The second-order valence-electron chi connectivity index (χ2n) is 5.49. The molecule has 2 rings (SSSR count). The van der Waals surface area contributed by atoms with Gasteiger partial charge in [0.25, 0.3) is 5.91 Å². The third-order valence-electron chi connectivity index (χ3n) is 3.13. The number of hydrogen-bond donors (Lipinski definition) is 2. The largest absolute Gasteiger partial charge is 0.394 e. The van der Waals surface area contributed by atoms with E-state index in [0.717, 1.165) is 0 Å². The summed E-state index contributed by atoms with van der Waals surface area (Å²) in [7, 11) is 0. The van der Waals surface area contributed by atoms with Gasteiger partial charge in [-0.25, -0.2) is 0 Å². The number of hydrogen-bond acceptors (Lipinski definition) is 5. The van der Waals surface area contributed by atoms with E-state index in [0.29, 0.717) is 23.5 Å². The molecule has 0 saturated carbocycles. The lowest BCUT2D eigenvalue weighted by molar-refractivity contribution is -0.139. The number of thiophene rings is 1. The average Bonchev–Trinajstić information content (AvgIpc) is 2.90. The molecule has 1 aromatic heterocycles. The molecule has 114 valence electrons. The van der Waals surface area contributed by atoms with Gasteiger partial charge in [0.2, 0.25) is 0 Å². The molecular formula is C15H19NO4S. The van der Waals surface area contributed by atoms with Gasteiger partial charge in [0.1, 0.15) is 11.5 Å². The van der Waals surface area contributed by atoms with Gasteiger partial charge in [0.05, 0.1) is 18.3 Å². The first-order chi connectivity index (χ1) is 9.96. The standard InChI is InChI=1S/C15H19NO4S/c1-15(2)10-16(8-12(9-18)20-15)14(19)13-11(4-3-6-17)5-7-21-13/h5,7,12,17-18H,6,8-10H2,1-2H3. The predicted molar refractivity (Wildman–Crippen MR) is 80.2 cm³/mol. The Morgan fingerprint density at radius 1 is 1.57 bits per heavy atom. The molecule has 0 radical (unpaired) electrons. The summed E-state index contributed by atoms with van der Waals surface area (Å²) < 4.78 is 5.71. The Hall–Kier alpha value is -1.39. The zero-order valence-corrected chi connectivity index (χ0v) is 12.9. The summed E-state index contributed by atoms with van der Waals surface area (Å²) in [4.78, 5) is 14.9. The normalized spacial score (nSPS) is 20.8. The molecule has 0 spiro atoms. The maximum Gasteiger partial charge on any atom is 0.265 e. The van der Waals surface area contributed by atoms with Crippen molar-refractivity contribution in [2.75, 3.05) is 26.3 Å². The third-order valence-corrected chi connectivity index (χ3v) is 4.04. The van der Waals surface area contributed by atoms with Gasteiger partial charge in [-0.2, -0.15) is 0 Å². The average molecular weight is 309 g/mol. The molecule has 0 aliphatic carbocycles. The van der Waals surface area contributed by atoms with Crippen LogP contribution >= 0.6 is 11.3 Å². The van der Waals surface area contributed by atoms with Crippen molar-refractivity contribution in [3.8, 4) is 11.8 Å². The Balaban J connectivity index is 2.21. The van der Waals surface area contributed by atoms with E-state index in [1.165, 1.54) is 11.3 Å². The molecule has 0 aromatic carbocycles. The van der Waals surface area contributed by atoms with Crippen LogP contribution in [0.3, 0.4) is 0 Å². The molecule has 6 heteroatoms. The number of morpholine rings is 1. The highest BCUT2D eigenvalue weighted by atomic mass is 32.1. The van der Waals surface area contributed by atoms with Crippen molar-refractivity contribution < 1.29 is 19.7 Å². The van der Waals surface area contributed by atoms with Crippen LogP contribution < -0.4 is 0 Å². The molecule has 2 heterocycles. The van der Waals surface area contributed by atoms with Crippen LogP contribution in [0.5, 0.6) is 0 Å². The summed E-state index contributed by atoms with van der Waals surface area (Å²) >= 11 is 1.33. The minimum Gasteiger partial charge on any atom is -0.394 e. The van der Waals surface area contributed by atoms with Crippen molar-refractivity contribution in [2.24, 2.45) is 0 Å². The van der Waals surface area contributed by atoms with E-state index in [2.05, 4.69) is 11.8 Å². The maximum atomic E-state index is 12.7. The summed E-state index contributed by atoms with van der Waals surface area (Å²) in [5.41, 5.74) is 0.138. The van der Waals surface area contributed by atoms with Gasteiger partial charge in [-0.15, -0.1) is 11.3 Å². The first-order valence-corrected chi connectivity index (χ1v) is 7.60. The van der Waals surface area contributed by atoms with E-state index >= 15 is 0 Å². The number of ether oxygens (including phenoxy) is 1. The lowest BCUT2D eigenvalue weighted by Gasteiger charge is -2.42. The Kier molecular flexibility index (Phi) is 5.01. The first kappa shape index (κ1) is 16.0. The van der Waals surface area contributed by atoms with Crippen molar-refractivity contribution in [3.05, 3.63) is 21.9 Å². The highest BCUT2D eigenvalue weighted by molar-refractivity contribution is 7.12. The Labute approximate surface area is 128 Å². The van der Waals surface area contributed by atoms with Crippen molar-refractivity contribution >= 4 is 17.2 Å². The van der Waals surface area contributed by atoms with Gasteiger partial charge in [-0.3, -0.25) is 4.79 Å². The van der Waals surface area contributed by atoms with Crippen LogP contribution in [-0.2, 0) is 4.74 Å². The quantitative estimate of drug-likeness (QED) is 0.789. The molecule has 1 aliphatic heterocycles. The summed E-state index contributed by atoms with van der Waals surface area (Å²) in [6.07, 6.45) is -0.371. The molecule has 21 heavy (non-hydrogen) atoms. The zero-order valence-electron chi connectivity index (χ0n) is 12.1. The summed E-state index contributed by atoms with van der Waals surface area (Å²) in [5.74, 6) is 5.24. The fourth-order valence-electron chi connectivity index (χ4n) is 2.40. The Morgan fingerprint density at radius 2 is 2.33 bits per heavy atom. The van der Waals surface area contributed by atoms with Crippen LogP contribution in [0.2, 0.25) is 0 Å². The molecule has 1 aliphatic rings. The second-order valence-corrected chi connectivity index (χ2v) is 6.41. The number of carbonyl (C=O) groups excluding carboxylic acids is 1. The van der Waals surface area contributed by atoms with E-state index in [-0.39, 0.29) is 25.2 Å². The summed E-state index contributed by atoms with van der Waals surface area (Å²) in [6.45, 7) is 4.28. The van der Waals surface area contributed by atoms with E-state index in [4.69, 9.17) is 9.84 Å². The molecular weight excluding hydrogens is 290 g/mol. The molecule has 5 nitrogen and oxygen atoms in total. The molecule has 1 unspecified atom stereocenters. The van der Waals surface area contributed by atoms with Crippen LogP contribution in [0, 0.1) is 11.8 Å². The number of aliphatic hydroxyl groups excluding tert-OH is 2. The van der Waals surface area contributed by atoms with Crippen molar-refractivity contribution in [2.45, 2.75) is 25.6 Å². The fraction of sp³-hybridized carbons (Fsp3) is 0.533. The van der Waals surface area contributed by atoms with Crippen LogP contribution in [-0.4, -0.2) is 59.0 Å². The van der Waals surface area contributed by atoms with Crippen LogP contribution in [0.4, 0.5) is 0 Å². The van der Waals surface area contributed by atoms with Crippen molar-refractivity contribution in [1.82, 2.24) is 4.90 Å². The van der Waals surface area contributed by atoms with Crippen LogP contribution in [0.25, 0.3) is 0 Å². The highest BCUT2D eigenvalue weighted by Gasteiger charge is 2.36. The van der Waals surface area contributed by atoms with Crippen molar-refractivity contribution in [3.63, 3.8) is 0 Å². The number of nitrogens with zero attached hydrogens (tertiary/aromatic N) is 1. The van der Waals surface area contributed by atoms with E-state index in [1.54, 1.807) is 11.0 Å². The molecule has 1 fully saturated rings. The van der Waals surface area contributed by atoms with Gasteiger partial charge in [-0.1, -0.05) is 11.8 Å². The topological polar surface area (TPSA) is 70.0 Å². The van der Waals surface area contributed by atoms with Gasteiger partial charge < -0.3 is 19.8 Å². The van der Waals surface area contributed by atoms with Gasteiger partial charge in [0, 0.05) is 18.7 Å². The molecule has 1 saturated heterocycles. The minimum absolute atomic E-state index is 0.109. The predicted octanol–water partition coefficient (Wildman–Crippen LogP) is 0.704. The zero-order chi connectivity index (χ0) is 15.5. The van der Waals surface area contributed by atoms with Gasteiger partial charge in [-0.05, 0) is 25.3 Å². The molecule has 2 N–H and O–H groups in total. The third kappa shape index (κ3) is 3.83. The van der Waals surface area contributed by atoms with Crippen LogP contribution in [0.1, 0.15) is 29.1 Å². The number of carbonyl (C=O) groups is 1. The summed E-state index contributed by atoms with van der Waals surface area (Å²) in [5, 5.41) is 19.9. The van der Waals surface area contributed by atoms with E-state index in [1.807, 2.05) is 19.2 Å². The second kappa shape index (κ2) is 6.58. The number of aliphatic hydroxyl groups is 2. The van der Waals surface area contributed by atoms with Gasteiger partial charge >= 0.3 is 0 Å². The fourth-order valence-corrected chi connectivity index (χ4v) is 3.21. The SMILES string of the molecule is CC1(C)CN(C(=O)c2sccc2C#CCO)CC(CO)O1. The smallest absolute Gasteiger partial charge is 0.265 e. The first-order valence-electron chi connectivity index (χ1n) is 6.72. The number of amides is 1. The lowest BCUT2D eigenvalue weighted by atomic mass is 10.0. The lowest BCUT2D eigenvalue weighted by Crippen LogP contribution is -2.55. The Bertz CT molecular complexity index is 570. The molecule has 1 atom stereocenters. The monoisotopic (exact) mass is 309 g/mol.